The second-order valence-electron chi connectivity index (χ2n) is 8.40. The standard InChI is InChI=1S/C20H38N6.HI/c1-15(2)19-18(14-25(7)23-19)13-24(6)20(21-5)22-8-9-26-11-16(3)10-17(4)12-26;/h14-17H,8-13H2,1-7H3,(H,21,22);1H. The lowest BCUT2D eigenvalue weighted by Crippen LogP contribution is -2.45. The first-order valence-corrected chi connectivity index (χ1v) is 9.96. The van der Waals surface area contributed by atoms with Crippen LogP contribution in [0, 0.1) is 11.8 Å². The van der Waals surface area contributed by atoms with E-state index in [0.29, 0.717) is 5.92 Å². The number of piperidine rings is 1. The number of aliphatic imine (C=N–C) groups is 1. The lowest BCUT2D eigenvalue weighted by atomic mass is 9.92. The summed E-state index contributed by atoms with van der Waals surface area (Å²) in [5.74, 6) is 2.99. The van der Waals surface area contributed by atoms with Crippen LogP contribution in [-0.4, -0.2) is 65.8 Å². The van der Waals surface area contributed by atoms with Gasteiger partial charge in [0.25, 0.3) is 0 Å². The van der Waals surface area contributed by atoms with Gasteiger partial charge in [-0.2, -0.15) is 5.10 Å². The highest BCUT2D eigenvalue weighted by molar-refractivity contribution is 14.0. The Hall–Kier alpha value is -0.830. The molecular formula is C20H39IN6. The normalized spacial score (nSPS) is 21.3. The quantitative estimate of drug-likeness (QED) is 0.378. The van der Waals surface area contributed by atoms with E-state index in [1.54, 1.807) is 0 Å². The van der Waals surface area contributed by atoms with Crippen molar-refractivity contribution in [3.63, 3.8) is 0 Å². The molecular weight excluding hydrogens is 451 g/mol. The van der Waals surface area contributed by atoms with Gasteiger partial charge < -0.3 is 15.1 Å². The minimum Gasteiger partial charge on any atom is -0.355 e. The topological polar surface area (TPSA) is 48.7 Å². The Labute approximate surface area is 182 Å². The Kier molecular flexibility index (Phi) is 10.1. The number of aryl methyl sites for hydroxylation is 1. The maximum Gasteiger partial charge on any atom is 0.193 e. The summed E-state index contributed by atoms with van der Waals surface area (Å²) in [6, 6.07) is 0. The van der Waals surface area contributed by atoms with Crippen LogP contribution in [0.25, 0.3) is 0 Å². The fraction of sp³-hybridized carbons (Fsp3) is 0.800. The molecule has 0 saturated carbocycles. The largest absolute Gasteiger partial charge is 0.355 e. The smallest absolute Gasteiger partial charge is 0.193 e. The molecule has 1 aromatic heterocycles. The third-order valence-corrected chi connectivity index (χ3v) is 5.12. The third kappa shape index (κ3) is 7.25. The van der Waals surface area contributed by atoms with E-state index in [9.17, 15) is 0 Å². The second kappa shape index (κ2) is 11.2. The van der Waals surface area contributed by atoms with Crippen molar-refractivity contribution in [3.05, 3.63) is 17.5 Å². The Morgan fingerprint density at radius 3 is 2.52 bits per heavy atom. The number of guanidine groups is 1. The lowest BCUT2D eigenvalue weighted by Gasteiger charge is -2.35. The minimum absolute atomic E-state index is 0. The zero-order valence-electron chi connectivity index (χ0n) is 18.2. The van der Waals surface area contributed by atoms with Gasteiger partial charge in [0, 0.05) is 65.6 Å². The SMILES string of the molecule is CN=C(NCCN1CC(C)CC(C)C1)N(C)Cc1cn(C)nc1C(C)C.I. The van der Waals surface area contributed by atoms with Gasteiger partial charge in [-0.3, -0.25) is 9.67 Å². The van der Waals surface area contributed by atoms with E-state index in [-0.39, 0.29) is 24.0 Å². The van der Waals surface area contributed by atoms with Crippen molar-refractivity contribution < 1.29 is 0 Å². The molecule has 0 radical (unpaired) electrons. The average Bonchev–Trinajstić information content (AvgIpc) is 2.91. The number of nitrogens with zero attached hydrogens (tertiary/aromatic N) is 5. The van der Waals surface area contributed by atoms with Crippen molar-refractivity contribution in [1.82, 2.24) is 24.9 Å². The molecule has 27 heavy (non-hydrogen) atoms. The van der Waals surface area contributed by atoms with Crippen LogP contribution >= 0.6 is 24.0 Å². The Bertz CT molecular complexity index is 587. The van der Waals surface area contributed by atoms with Crippen molar-refractivity contribution in [2.45, 2.75) is 46.6 Å². The molecule has 0 aliphatic carbocycles. The van der Waals surface area contributed by atoms with E-state index in [2.05, 4.69) is 66.1 Å². The van der Waals surface area contributed by atoms with Crippen molar-refractivity contribution >= 4 is 29.9 Å². The highest BCUT2D eigenvalue weighted by atomic mass is 127. The predicted molar refractivity (Wildman–Crippen MR) is 125 cm³/mol. The monoisotopic (exact) mass is 490 g/mol. The molecule has 2 unspecified atom stereocenters. The molecule has 1 fully saturated rings. The molecule has 2 rings (SSSR count). The van der Waals surface area contributed by atoms with Crippen molar-refractivity contribution in [2.75, 3.05) is 40.3 Å². The molecule has 1 N–H and O–H groups in total. The van der Waals surface area contributed by atoms with E-state index in [1.165, 1.54) is 30.8 Å². The number of hydrogen-bond donors (Lipinski definition) is 1. The Balaban J connectivity index is 0.00000364. The van der Waals surface area contributed by atoms with Gasteiger partial charge in [-0.15, -0.1) is 24.0 Å². The van der Waals surface area contributed by atoms with E-state index in [1.807, 2.05) is 18.8 Å². The molecule has 0 bridgehead atoms. The fourth-order valence-corrected chi connectivity index (χ4v) is 4.18. The number of rotatable bonds is 6. The van der Waals surface area contributed by atoms with Gasteiger partial charge in [-0.25, -0.2) is 0 Å². The fourth-order valence-electron chi connectivity index (χ4n) is 4.18. The zero-order chi connectivity index (χ0) is 19.3. The molecule has 1 saturated heterocycles. The summed E-state index contributed by atoms with van der Waals surface area (Å²) >= 11 is 0. The molecule has 0 aromatic carbocycles. The van der Waals surface area contributed by atoms with Gasteiger partial charge in [0.2, 0.25) is 0 Å². The molecule has 156 valence electrons. The number of likely N-dealkylation sites (tertiary alicyclic amines) is 1. The van der Waals surface area contributed by atoms with Gasteiger partial charge in [0.15, 0.2) is 5.96 Å². The van der Waals surface area contributed by atoms with E-state index < -0.39 is 0 Å². The summed E-state index contributed by atoms with van der Waals surface area (Å²) < 4.78 is 1.91. The predicted octanol–water partition coefficient (Wildman–Crippen LogP) is 3.15. The van der Waals surface area contributed by atoms with E-state index in [0.717, 1.165) is 37.4 Å². The molecule has 2 heterocycles. The number of halogens is 1. The summed E-state index contributed by atoms with van der Waals surface area (Å²) in [5, 5.41) is 8.14. The first-order chi connectivity index (χ1) is 12.3. The summed E-state index contributed by atoms with van der Waals surface area (Å²) in [4.78, 5) is 9.23. The van der Waals surface area contributed by atoms with E-state index >= 15 is 0 Å². The maximum absolute atomic E-state index is 4.61. The third-order valence-electron chi connectivity index (χ3n) is 5.12. The van der Waals surface area contributed by atoms with Crippen molar-refractivity contribution in [3.8, 4) is 0 Å². The van der Waals surface area contributed by atoms with Gasteiger partial charge in [-0.05, 0) is 24.2 Å². The van der Waals surface area contributed by atoms with Crippen molar-refractivity contribution in [1.29, 1.82) is 0 Å². The summed E-state index contributed by atoms with van der Waals surface area (Å²) in [6.45, 7) is 14.4. The van der Waals surface area contributed by atoms with Crippen LogP contribution in [0.2, 0.25) is 0 Å². The molecule has 1 aliphatic heterocycles. The van der Waals surface area contributed by atoms with Crippen molar-refractivity contribution in [2.24, 2.45) is 23.9 Å². The maximum atomic E-state index is 4.61. The summed E-state index contributed by atoms with van der Waals surface area (Å²) in [5.41, 5.74) is 2.44. The summed E-state index contributed by atoms with van der Waals surface area (Å²) in [6.07, 6.45) is 3.48. The van der Waals surface area contributed by atoms with Crippen LogP contribution < -0.4 is 5.32 Å². The van der Waals surface area contributed by atoms with Gasteiger partial charge in [-0.1, -0.05) is 27.7 Å². The van der Waals surface area contributed by atoms with Crippen LogP contribution in [-0.2, 0) is 13.6 Å². The molecule has 0 amide bonds. The molecule has 1 aromatic rings. The zero-order valence-corrected chi connectivity index (χ0v) is 20.5. The molecule has 0 spiro atoms. The Morgan fingerprint density at radius 1 is 1.33 bits per heavy atom. The highest BCUT2D eigenvalue weighted by Crippen LogP contribution is 2.20. The van der Waals surface area contributed by atoms with Crippen LogP contribution in [0.4, 0.5) is 0 Å². The highest BCUT2D eigenvalue weighted by Gasteiger charge is 2.21. The van der Waals surface area contributed by atoms with Gasteiger partial charge in [0.05, 0.1) is 5.69 Å². The van der Waals surface area contributed by atoms with Crippen LogP contribution in [0.1, 0.15) is 51.3 Å². The van der Waals surface area contributed by atoms with Gasteiger partial charge >= 0.3 is 0 Å². The number of hydrogen-bond acceptors (Lipinski definition) is 3. The van der Waals surface area contributed by atoms with E-state index in [4.69, 9.17) is 0 Å². The molecule has 7 heteroatoms. The lowest BCUT2D eigenvalue weighted by molar-refractivity contribution is 0.143. The number of aromatic nitrogens is 2. The molecule has 1 aliphatic rings. The minimum atomic E-state index is 0. The first-order valence-electron chi connectivity index (χ1n) is 9.96. The Morgan fingerprint density at radius 2 is 1.96 bits per heavy atom. The molecule has 2 atom stereocenters. The van der Waals surface area contributed by atoms with Gasteiger partial charge in [0.1, 0.15) is 0 Å². The molecule has 6 nitrogen and oxygen atoms in total. The van der Waals surface area contributed by atoms with Crippen LogP contribution in [0.5, 0.6) is 0 Å². The second-order valence-corrected chi connectivity index (χ2v) is 8.40. The summed E-state index contributed by atoms with van der Waals surface area (Å²) in [7, 11) is 5.94. The van der Waals surface area contributed by atoms with Crippen LogP contribution in [0.15, 0.2) is 11.2 Å². The average molecular weight is 490 g/mol. The first kappa shape index (κ1) is 24.2. The van der Waals surface area contributed by atoms with Crippen LogP contribution in [0.3, 0.4) is 0 Å². The number of nitrogens with one attached hydrogen (secondary N) is 1.